The summed E-state index contributed by atoms with van der Waals surface area (Å²) in [5.41, 5.74) is 0.921. The van der Waals surface area contributed by atoms with Gasteiger partial charge in [0, 0.05) is 10.0 Å². The second kappa shape index (κ2) is 6.54. The molecule has 7 heteroatoms. The molecule has 1 atom stereocenters. The van der Waals surface area contributed by atoms with E-state index in [2.05, 4.69) is 10.1 Å². The van der Waals surface area contributed by atoms with Crippen LogP contribution in [0, 0.1) is 10.2 Å². The molecule has 0 amide bonds. The molecular weight excluding hydrogens is 341 g/mol. The molecule has 0 spiro atoms. The summed E-state index contributed by atoms with van der Waals surface area (Å²) in [4.78, 5) is 4.00. The van der Waals surface area contributed by atoms with Crippen molar-refractivity contribution in [2.45, 2.75) is 26.9 Å². The highest BCUT2D eigenvalue weighted by atomic mass is 35.5. The minimum Gasteiger partial charge on any atom is -0.386 e. The van der Waals surface area contributed by atoms with E-state index in [9.17, 15) is 5.11 Å². The van der Waals surface area contributed by atoms with E-state index in [0.29, 0.717) is 20.5 Å². The summed E-state index contributed by atoms with van der Waals surface area (Å²) in [7, 11) is 0. The maximum atomic E-state index is 10.7. The Morgan fingerprint density at radius 2 is 2.09 bits per heavy atom. The molecule has 1 heterocycles. The van der Waals surface area contributed by atoms with Gasteiger partial charge in [-0.15, -0.1) is 0 Å². The van der Waals surface area contributed by atoms with E-state index in [1.807, 2.05) is 20.8 Å². The first-order valence-electron chi connectivity index (χ1n) is 6.67. The van der Waals surface area contributed by atoms with Gasteiger partial charge in [0.15, 0.2) is 0 Å². The highest BCUT2D eigenvalue weighted by Gasteiger charge is 2.28. The lowest BCUT2D eigenvalue weighted by Crippen LogP contribution is -2.30. The second-order valence-electron chi connectivity index (χ2n) is 6.01. The molecule has 2 N–H and O–H groups in total. The Balaban J connectivity index is 2.61. The van der Waals surface area contributed by atoms with E-state index >= 15 is 0 Å². The standard InChI is InChI=1S/C15H17Cl2N3OS/c1-15(2,3)13(21)12(20-14(22)18-8-19-20)6-9-4-5-10(16)7-11(9)17/h4-8,13,21H,1-3H3,(H,18,19,22)/b12-6-. The van der Waals surface area contributed by atoms with Crippen molar-refractivity contribution < 1.29 is 5.11 Å². The van der Waals surface area contributed by atoms with Crippen molar-refractivity contribution in [3.05, 3.63) is 44.9 Å². The fourth-order valence-electron chi connectivity index (χ4n) is 1.93. The first-order valence-corrected chi connectivity index (χ1v) is 7.84. The monoisotopic (exact) mass is 357 g/mol. The summed E-state index contributed by atoms with van der Waals surface area (Å²) in [5, 5.41) is 14.7. The van der Waals surface area contributed by atoms with Gasteiger partial charge in [-0.25, -0.2) is 9.67 Å². The Hall–Kier alpha value is -1.14. The van der Waals surface area contributed by atoms with E-state index in [4.69, 9.17) is 35.4 Å². The van der Waals surface area contributed by atoms with Gasteiger partial charge in [0.1, 0.15) is 12.4 Å². The Kier molecular flexibility index (Phi) is 5.12. The topological polar surface area (TPSA) is 53.8 Å². The number of hydrogen-bond acceptors (Lipinski definition) is 3. The zero-order valence-corrected chi connectivity index (χ0v) is 14.8. The number of aliphatic hydroxyl groups is 1. The summed E-state index contributed by atoms with van der Waals surface area (Å²) in [6.07, 6.45) is 2.49. The highest BCUT2D eigenvalue weighted by Crippen LogP contribution is 2.31. The molecule has 1 aromatic heterocycles. The summed E-state index contributed by atoms with van der Waals surface area (Å²) < 4.78 is 1.90. The molecule has 0 saturated heterocycles. The van der Waals surface area contributed by atoms with Crippen molar-refractivity contribution in [3.8, 4) is 0 Å². The number of aromatic amines is 1. The Bertz CT molecular complexity index is 759. The van der Waals surface area contributed by atoms with E-state index in [1.165, 1.54) is 6.33 Å². The van der Waals surface area contributed by atoms with Gasteiger partial charge >= 0.3 is 0 Å². The average Bonchev–Trinajstić information content (AvgIpc) is 2.82. The van der Waals surface area contributed by atoms with Crippen molar-refractivity contribution in [3.63, 3.8) is 0 Å². The molecule has 0 aliphatic heterocycles. The molecule has 0 bridgehead atoms. The molecule has 0 fully saturated rings. The number of halogens is 2. The Morgan fingerprint density at radius 1 is 1.41 bits per heavy atom. The number of nitrogens with one attached hydrogen (secondary N) is 1. The summed E-state index contributed by atoms with van der Waals surface area (Å²) in [5.74, 6) is 0. The summed E-state index contributed by atoms with van der Waals surface area (Å²) in [6.45, 7) is 5.82. The Morgan fingerprint density at radius 3 is 2.59 bits per heavy atom. The molecule has 0 aliphatic carbocycles. The van der Waals surface area contributed by atoms with Gasteiger partial charge < -0.3 is 5.11 Å². The molecule has 4 nitrogen and oxygen atoms in total. The van der Waals surface area contributed by atoms with Crippen molar-refractivity contribution in [1.82, 2.24) is 14.8 Å². The molecule has 2 rings (SSSR count). The van der Waals surface area contributed by atoms with Gasteiger partial charge in [0.2, 0.25) is 4.77 Å². The van der Waals surface area contributed by atoms with E-state index in [0.717, 1.165) is 5.56 Å². The zero-order valence-electron chi connectivity index (χ0n) is 12.5. The maximum Gasteiger partial charge on any atom is 0.220 e. The molecule has 1 aromatic carbocycles. The molecule has 0 radical (unpaired) electrons. The molecule has 0 aliphatic rings. The Labute approximate surface area is 144 Å². The first kappa shape index (κ1) is 17.2. The average molecular weight is 358 g/mol. The van der Waals surface area contributed by atoms with Gasteiger partial charge in [0.05, 0.1) is 5.70 Å². The largest absolute Gasteiger partial charge is 0.386 e. The van der Waals surface area contributed by atoms with Crippen LogP contribution in [0.15, 0.2) is 24.5 Å². The van der Waals surface area contributed by atoms with Crippen LogP contribution >= 0.6 is 35.4 Å². The third-order valence-corrected chi connectivity index (χ3v) is 4.03. The van der Waals surface area contributed by atoms with Gasteiger partial charge in [-0.1, -0.05) is 50.0 Å². The molecule has 22 heavy (non-hydrogen) atoms. The summed E-state index contributed by atoms with van der Waals surface area (Å²) >= 11 is 17.3. The fraction of sp³-hybridized carbons (Fsp3) is 0.333. The van der Waals surface area contributed by atoms with E-state index in [1.54, 1.807) is 29.0 Å². The first-order chi connectivity index (χ1) is 10.2. The van der Waals surface area contributed by atoms with E-state index in [-0.39, 0.29) is 5.41 Å². The number of nitrogens with zero attached hydrogens (tertiary/aromatic N) is 2. The van der Waals surface area contributed by atoms with Crippen LogP contribution in [0.1, 0.15) is 26.3 Å². The number of benzene rings is 1. The predicted molar refractivity (Wildman–Crippen MR) is 93.5 cm³/mol. The highest BCUT2D eigenvalue weighted by molar-refractivity contribution is 7.71. The number of rotatable bonds is 3. The van der Waals surface area contributed by atoms with Crippen LogP contribution in [0.2, 0.25) is 10.0 Å². The van der Waals surface area contributed by atoms with E-state index < -0.39 is 6.10 Å². The molecule has 118 valence electrons. The van der Waals surface area contributed by atoms with Crippen LogP contribution in [0.5, 0.6) is 0 Å². The van der Waals surface area contributed by atoms with Crippen LogP contribution in [-0.4, -0.2) is 26.0 Å². The number of H-pyrrole nitrogens is 1. The van der Waals surface area contributed by atoms with Gasteiger partial charge in [-0.05, 0) is 41.4 Å². The predicted octanol–water partition coefficient (Wildman–Crippen LogP) is 4.65. The number of aliphatic hydroxyl groups excluding tert-OH is 1. The van der Waals surface area contributed by atoms with Crippen molar-refractivity contribution in [2.24, 2.45) is 5.41 Å². The molecule has 2 aromatic rings. The van der Waals surface area contributed by atoms with Crippen LogP contribution in [-0.2, 0) is 0 Å². The zero-order chi connectivity index (χ0) is 16.5. The smallest absolute Gasteiger partial charge is 0.220 e. The maximum absolute atomic E-state index is 10.7. The summed E-state index contributed by atoms with van der Waals surface area (Å²) in [6, 6.07) is 5.19. The van der Waals surface area contributed by atoms with Gasteiger partial charge in [-0.3, -0.25) is 5.10 Å². The van der Waals surface area contributed by atoms with Crippen molar-refractivity contribution >= 4 is 47.2 Å². The molecule has 1 unspecified atom stereocenters. The SMILES string of the molecule is CC(C)(C)C(O)/C(=C/c1ccc(Cl)cc1Cl)n1[nH]cnc1=S. The second-order valence-corrected chi connectivity index (χ2v) is 7.22. The molecular formula is C15H17Cl2N3OS. The fourth-order valence-corrected chi connectivity index (χ4v) is 2.60. The van der Waals surface area contributed by atoms with Crippen molar-refractivity contribution in [2.75, 3.05) is 0 Å². The van der Waals surface area contributed by atoms with Gasteiger partial charge in [0.25, 0.3) is 0 Å². The lowest BCUT2D eigenvalue weighted by atomic mass is 9.86. The third-order valence-electron chi connectivity index (χ3n) is 3.18. The lowest BCUT2D eigenvalue weighted by molar-refractivity contribution is 0.109. The van der Waals surface area contributed by atoms with Crippen molar-refractivity contribution in [1.29, 1.82) is 0 Å². The van der Waals surface area contributed by atoms with Crippen LogP contribution < -0.4 is 0 Å². The van der Waals surface area contributed by atoms with Crippen LogP contribution in [0.25, 0.3) is 11.8 Å². The quantitative estimate of drug-likeness (QED) is 0.785. The number of aromatic nitrogens is 3. The van der Waals surface area contributed by atoms with Gasteiger partial charge in [-0.2, -0.15) is 0 Å². The minimum atomic E-state index is -0.772. The van der Waals surface area contributed by atoms with Crippen LogP contribution in [0.4, 0.5) is 0 Å². The normalized spacial score (nSPS) is 14.2. The van der Waals surface area contributed by atoms with Crippen LogP contribution in [0.3, 0.4) is 0 Å². The number of hydrogen-bond donors (Lipinski definition) is 2. The third kappa shape index (κ3) is 3.79. The minimum absolute atomic E-state index is 0.333. The lowest BCUT2D eigenvalue weighted by Gasteiger charge is -2.28. The molecule has 0 saturated carbocycles.